The summed E-state index contributed by atoms with van der Waals surface area (Å²) < 4.78 is 0. The third kappa shape index (κ3) is 6.29. The Morgan fingerprint density at radius 2 is 1.75 bits per heavy atom. The van der Waals surface area contributed by atoms with Crippen molar-refractivity contribution in [2.24, 2.45) is 0 Å². The Hall–Kier alpha value is -0.340. The molecule has 0 aromatic rings. The van der Waals surface area contributed by atoms with Crippen molar-refractivity contribution in [1.82, 2.24) is 9.80 Å². The van der Waals surface area contributed by atoms with Crippen molar-refractivity contribution in [3.8, 4) is 0 Å². The van der Waals surface area contributed by atoms with E-state index < -0.39 is 0 Å². The lowest BCUT2D eigenvalue weighted by molar-refractivity contribution is 0.224. The Balaban J connectivity index is 0.00000106. The van der Waals surface area contributed by atoms with Gasteiger partial charge >= 0.3 is 0 Å². The summed E-state index contributed by atoms with van der Waals surface area (Å²) in [5.74, 6) is 0. The molecule has 1 rings (SSSR count). The van der Waals surface area contributed by atoms with E-state index in [1.165, 1.54) is 38.2 Å². The predicted molar refractivity (Wildman–Crippen MR) is 73.9 cm³/mol. The first-order valence-corrected chi connectivity index (χ1v) is 6.70. The van der Waals surface area contributed by atoms with Crippen LogP contribution < -0.4 is 0 Å². The second-order valence-electron chi connectivity index (χ2n) is 4.72. The highest BCUT2D eigenvalue weighted by Crippen LogP contribution is 2.07. The number of rotatable bonds is 3. The van der Waals surface area contributed by atoms with Gasteiger partial charge in [0.2, 0.25) is 0 Å². The first-order valence-electron chi connectivity index (χ1n) is 6.70. The second kappa shape index (κ2) is 8.77. The smallest absolute Gasteiger partial charge is 0.0187 e. The van der Waals surface area contributed by atoms with Crippen molar-refractivity contribution in [2.45, 2.75) is 47.1 Å². The lowest BCUT2D eigenvalue weighted by Crippen LogP contribution is -2.35. The third-order valence-electron chi connectivity index (χ3n) is 2.85. The molecule has 0 spiro atoms. The van der Waals surface area contributed by atoms with Crippen LogP contribution in [-0.4, -0.2) is 48.6 Å². The van der Waals surface area contributed by atoms with E-state index in [0.29, 0.717) is 6.04 Å². The van der Waals surface area contributed by atoms with Gasteiger partial charge in [0.25, 0.3) is 0 Å². The van der Waals surface area contributed by atoms with Gasteiger partial charge in [0.1, 0.15) is 0 Å². The maximum Gasteiger partial charge on any atom is 0.0187 e. The Morgan fingerprint density at radius 1 is 1.12 bits per heavy atom. The summed E-state index contributed by atoms with van der Waals surface area (Å²) in [6, 6.07) is 0.694. The Kier molecular flexibility index (Phi) is 8.58. The Morgan fingerprint density at radius 3 is 2.25 bits per heavy atom. The summed E-state index contributed by atoms with van der Waals surface area (Å²) >= 11 is 0. The molecule has 0 unspecified atom stereocenters. The van der Waals surface area contributed by atoms with E-state index in [1.54, 1.807) is 0 Å². The Bertz CT molecular complexity index is 187. The van der Waals surface area contributed by atoms with Gasteiger partial charge in [-0.15, -0.1) is 0 Å². The van der Waals surface area contributed by atoms with Crippen LogP contribution in [0.4, 0.5) is 0 Å². The fourth-order valence-corrected chi connectivity index (χ4v) is 2.05. The van der Waals surface area contributed by atoms with Crippen molar-refractivity contribution in [1.29, 1.82) is 0 Å². The van der Waals surface area contributed by atoms with E-state index in [2.05, 4.69) is 37.1 Å². The first-order chi connectivity index (χ1) is 7.59. The molecule has 1 aliphatic heterocycles. The molecule has 0 amide bonds. The van der Waals surface area contributed by atoms with Gasteiger partial charge in [0.05, 0.1) is 0 Å². The van der Waals surface area contributed by atoms with Crippen molar-refractivity contribution in [3.63, 3.8) is 0 Å². The van der Waals surface area contributed by atoms with Crippen molar-refractivity contribution < 1.29 is 0 Å². The third-order valence-corrected chi connectivity index (χ3v) is 2.85. The standard InChI is InChI=1S/C12H24N2.C2H6/c1-11(2)10-13-6-5-7-14(9-8-13)12(3)4;1-2/h12H,1,5-10H2,2-4H3;1-2H3. The van der Waals surface area contributed by atoms with Crippen molar-refractivity contribution >= 4 is 0 Å². The van der Waals surface area contributed by atoms with Gasteiger partial charge in [-0.25, -0.2) is 0 Å². The van der Waals surface area contributed by atoms with Crippen LogP contribution in [0.25, 0.3) is 0 Å². The van der Waals surface area contributed by atoms with Gasteiger partial charge in [0.15, 0.2) is 0 Å². The Labute approximate surface area is 102 Å². The van der Waals surface area contributed by atoms with E-state index in [1.807, 2.05) is 13.8 Å². The van der Waals surface area contributed by atoms with Crippen molar-refractivity contribution in [3.05, 3.63) is 12.2 Å². The van der Waals surface area contributed by atoms with Crippen LogP contribution in [-0.2, 0) is 0 Å². The summed E-state index contributed by atoms with van der Waals surface area (Å²) in [4.78, 5) is 5.09. The zero-order valence-electron chi connectivity index (χ0n) is 11.9. The molecule has 0 saturated carbocycles. The molecule has 0 bridgehead atoms. The quantitative estimate of drug-likeness (QED) is 0.683. The molecular weight excluding hydrogens is 196 g/mol. The van der Waals surface area contributed by atoms with E-state index in [-0.39, 0.29) is 0 Å². The molecule has 0 aliphatic carbocycles. The molecule has 2 nitrogen and oxygen atoms in total. The van der Waals surface area contributed by atoms with E-state index in [0.717, 1.165) is 6.54 Å². The molecule has 0 radical (unpaired) electrons. The molecular formula is C14H30N2. The summed E-state index contributed by atoms with van der Waals surface area (Å²) in [5, 5.41) is 0. The number of hydrogen-bond donors (Lipinski definition) is 0. The molecule has 96 valence electrons. The summed E-state index contributed by atoms with van der Waals surface area (Å²) in [6.07, 6.45) is 1.30. The minimum atomic E-state index is 0.694. The molecule has 0 N–H and O–H groups in total. The summed E-state index contributed by atoms with van der Waals surface area (Å²) in [5.41, 5.74) is 1.28. The van der Waals surface area contributed by atoms with Crippen LogP contribution in [0.15, 0.2) is 12.2 Å². The zero-order valence-corrected chi connectivity index (χ0v) is 11.9. The molecule has 16 heavy (non-hydrogen) atoms. The van der Waals surface area contributed by atoms with E-state index >= 15 is 0 Å². The molecule has 1 saturated heterocycles. The molecule has 0 aromatic carbocycles. The minimum absolute atomic E-state index is 0.694. The van der Waals surface area contributed by atoms with Crippen LogP contribution in [0.5, 0.6) is 0 Å². The average Bonchev–Trinajstić information content (AvgIpc) is 2.45. The molecule has 1 aliphatic rings. The summed E-state index contributed by atoms with van der Waals surface area (Å²) in [7, 11) is 0. The predicted octanol–water partition coefficient (Wildman–Crippen LogP) is 3.00. The van der Waals surface area contributed by atoms with Crippen LogP contribution >= 0.6 is 0 Å². The highest BCUT2D eigenvalue weighted by Gasteiger charge is 2.16. The highest BCUT2D eigenvalue weighted by molar-refractivity contribution is 4.92. The van der Waals surface area contributed by atoms with Crippen LogP contribution in [0.2, 0.25) is 0 Å². The first kappa shape index (κ1) is 15.7. The number of hydrogen-bond acceptors (Lipinski definition) is 2. The van der Waals surface area contributed by atoms with Gasteiger partial charge in [-0.3, -0.25) is 9.80 Å². The second-order valence-corrected chi connectivity index (χ2v) is 4.72. The molecule has 1 heterocycles. The molecule has 1 fully saturated rings. The topological polar surface area (TPSA) is 6.48 Å². The van der Waals surface area contributed by atoms with E-state index in [9.17, 15) is 0 Å². The molecule has 0 aromatic heterocycles. The number of nitrogens with zero attached hydrogens (tertiary/aromatic N) is 2. The average molecular weight is 226 g/mol. The van der Waals surface area contributed by atoms with Gasteiger partial charge in [-0.2, -0.15) is 0 Å². The fourth-order valence-electron chi connectivity index (χ4n) is 2.05. The van der Waals surface area contributed by atoms with Crippen LogP contribution in [0.1, 0.15) is 41.0 Å². The van der Waals surface area contributed by atoms with Gasteiger partial charge in [-0.05, 0) is 40.3 Å². The minimum Gasteiger partial charge on any atom is -0.300 e. The maximum atomic E-state index is 3.98. The molecule has 0 atom stereocenters. The van der Waals surface area contributed by atoms with Crippen LogP contribution in [0.3, 0.4) is 0 Å². The van der Waals surface area contributed by atoms with E-state index in [4.69, 9.17) is 0 Å². The molecule has 2 heteroatoms. The lowest BCUT2D eigenvalue weighted by atomic mass is 10.3. The fraction of sp³-hybridized carbons (Fsp3) is 0.857. The SMILES string of the molecule is C=C(C)CN1CCCN(C(C)C)CC1.CC. The normalized spacial score (nSPS) is 18.9. The maximum absolute atomic E-state index is 3.98. The van der Waals surface area contributed by atoms with Gasteiger partial charge < -0.3 is 0 Å². The largest absolute Gasteiger partial charge is 0.300 e. The van der Waals surface area contributed by atoms with Crippen molar-refractivity contribution in [2.75, 3.05) is 32.7 Å². The van der Waals surface area contributed by atoms with Gasteiger partial charge in [-0.1, -0.05) is 26.0 Å². The monoisotopic (exact) mass is 226 g/mol. The zero-order chi connectivity index (χ0) is 12.6. The van der Waals surface area contributed by atoms with Gasteiger partial charge in [0, 0.05) is 25.7 Å². The van der Waals surface area contributed by atoms with Crippen LogP contribution in [0, 0.1) is 0 Å². The lowest BCUT2D eigenvalue weighted by Gasteiger charge is -2.24. The highest BCUT2D eigenvalue weighted by atomic mass is 15.2. The summed E-state index contributed by atoms with van der Waals surface area (Å²) in [6.45, 7) is 20.6.